The topological polar surface area (TPSA) is 104 Å². The van der Waals surface area contributed by atoms with Crippen molar-refractivity contribution in [3.05, 3.63) is 41.8 Å². The number of rotatable bonds is 6. The smallest absolute Gasteiger partial charge is 0.222 e. The highest BCUT2D eigenvalue weighted by Gasteiger charge is 2.28. The zero-order valence-electron chi connectivity index (χ0n) is 20.6. The van der Waals surface area contributed by atoms with Crippen molar-refractivity contribution in [2.75, 3.05) is 17.7 Å². The molecule has 1 aromatic carbocycles. The van der Waals surface area contributed by atoms with E-state index in [1.54, 1.807) is 13.2 Å². The molecule has 0 aliphatic heterocycles. The second kappa shape index (κ2) is 10.6. The summed E-state index contributed by atoms with van der Waals surface area (Å²) in [4.78, 5) is 21.0. The second-order valence-electron chi connectivity index (χ2n) is 10.0. The normalized spacial score (nSPS) is 24.1. The number of pyridine rings is 1. The molecule has 1 amide bonds. The number of anilines is 3. The number of amides is 1. The summed E-state index contributed by atoms with van der Waals surface area (Å²) < 4.78 is 44.2. The van der Waals surface area contributed by atoms with Gasteiger partial charge >= 0.3 is 0 Å². The first-order valence-corrected chi connectivity index (χ1v) is 12.8. The molecule has 0 spiro atoms. The average Bonchev–Trinajstić information content (AvgIpc) is 3.24. The largest absolute Gasteiger partial charge is 0.393 e. The fourth-order valence-corrected chi connectivity index (χ4v) is 5.54. The molecule has 8 nitrogen and oxygen atoms in total. The standard InChI is InChI=1S/C26H31F3N6O2/c1-30-25(37)14-2-4-16(5-3-14)32-23-12-22-21(13-31-23)33-26(35(22)17-6-8-18(36)9-7-17)34-24-19(28)10-15(27)11-20(24)29/h10-14,16-18,36H,2-9H2,1H3,(H,30,37)(H,31,32)(H,33,34). The van der Waals surface area contributed by atoms with E-state index in [9.17, 15) is 23.1 Å². The number of halogens is 3. The number of nitrogens with one attached hydrogen (secondary N) is 3. The Hall–Kier alpha value is -3.34. The van der Waals surface area contributed by atoms with Crippen LogP contribution in [0.15, 0.2) is 24.4 Å². The minimum Gasteiger partial charge on any atom is -0.393 e. The third-order valence-corrected chi connectivity index (χ3v) is 7.55. The van der Waals surface area contributed by atoms with Gasteiger partial charge in [0.1, 0.15) is 22.8 Å². The van der Waals surface area contributed by atoms with Gasteiger partial charge in [-0.25, -0.2) is 23.1 Å². The van der Waals surface area contributed by atoms with Gasteiger partial charge in [0, 0.05) is 43.2 Å². The van der Waals surface area contributed by atoms with E-state index >= 15 is 0 Å². The summed E-state index contributed by atoms with van der Waals surface area (Å²) >= 11 is 0. The van der Waals surface area contributed by atoms with Crippen LogP contribution in [0.4, 0.5) is 30.6 Å². The number of hydrogen-bond donors (Lipinski definition) is 4. The number of nitrogens with zero attached hydrogens (tertiary/aromatic N) is 3. The number of aliphatic hydroxyl groups excluding tert-OH is 1. The lowest BCUT2D eigenvalue weighted by Gasteiger charge is -2.29. The molecule has 2 aromatic heterocycles. The average molecular weight is 517 g/mol. The molecule has 37 heavy (non-hydrogen) atoms. The Labute approximate surface area is 212 Å². The monoisotopic (exact) mass is 516 g/mol. The third-order valence-electron chi connectivity index (χ3n) is 7.55. The summed E-state index contributed by atoms with van der Waals surface area (Å²) in [7, 11) is 1.66. The first-order chi connectivity index (χ1) is 17.8. The Morgan fingerprint density at radius 1 is 1.00 bits per heavy atom. The first kappa shape index (κ1) is 25.3. The van der Waals surface area contributed by atoms with Crippen LogP contribution in [0, 0.1) is 23.4 Å². The molecule has 0 radical (unpaired) electrons. The lowest BCUT2D eigenvalue weighted by Crippen LogP contribution is -2.34. The Morgan fingerprint density at radius 3 is 2.32 bits per heavy atom. The number of fused-ring (bicyclic) bond motifs is 1. The number of imidazole rings is 1. The molecule has 2 fully saturated rings. The van der Waals surface area contributed by atoms with Gasteiger partial charge in [-0.05, 0) is 51.4 Å². The minimum atomic E-state index is -1.05. The van der Waals surface area contributed by atoms with Gasteiger partial charge in [0.25, 0.3) is 0 Å². The van der Waals surface area contributed by atoms with Gasteiger partial charge in [0.2, 0.25) is 11.9 Å². The van der Waals surface area contributed by atoms with Gasteiger partial charge in [-0.3, -0.25) is 4.79 Å². The second-order valence-corrected chi connectivity index (χ2v) is 10.0. The summed E-state index contributed by atoms with van der Waals surface area (Å²) in [6.07, 6.45) is 7.07. The van der Waals surface area contributed by atoms with Crippen LogP contribution in [0.2, 0.25) is 0 Å². The third kappa shape index (κ3) is 5.36. The summed E-state index contributed by atoms with van der Waals surface area (Å²) in [6.45, 7) is 0. The SMILES string of the molecule is CNC(=O)C1CCC(Nc2cc3c(cn2)nc(Nc2c(F)cc(F)cc2F)n3C2CCC(O)CC2)CC1. The summed E-state index contributed by atoms with van der Waals surface area (Å²) in [6, 6.07) is 3.24. The molecule has 11 heteroatoms. The molecule has 0 saturated heterocycles. The van der Waals surface area contributed by atoms with Gasteiger partial charge in [-0.15, -0.1) is 0 Å². The van der Waals surface area contributed by atoms with Crippen LogP contribution >= 0.6 is 0 Å². The highest BCUT2D eigenvalue weighted by molar-refractivity contribution is 5.82. The molecule has 0 atom stereocenters. The number of aromatic nitrogens is 3. The molecule has 5 rings (SSSR count). The molecular weight excluding hydrogens is 485 g/mol. The molecule has 2 aliphatic carbocycles. The fraction of sp³-hybridized carbons (Fsp3) is 0.500. The van der Waals surface area contributed by atoms with Gasteiger partial charge in [0.05, 0.1) is 17.8 Å². The van der Waals surface area contributed by atoms with Crippen molar-refractivity contribution in [1.29, 1.82) is 0 Å². The number of carbonyl (C=O) groups excluding carboxylic acids is 1. The van der Waals surface area contributed by atoms with Gasteiger partial charge in [0.15, 0.2) is 11.6 Å². The number of benzene rings is 1. The molecule has 2 saturated carbocycles. The highest BCUT2D eigenvalue weighted by atomic mass is 19.1. The van der Waals surface area contributed by atoms with Crippen LogP contribution in [0.3, 0.4) is 0 Å². The van der Waals surface area contributed by atoms with Crippen LogP contribution in [0.1, 0.15) is 57.4 Å². The number of aliphatic hydroxyl groups is 1. The molecular formula is C26H31F3N6O2. The molecule has 0 bridgehead atoms. The van der Waals surface area contributed by atoms with Gasteiger partial charge in [-0.2, -0.15) is 0 Å². The van der Waals surface area contributed by atoms with Crippen molar-refractivity contribution in [2.45, 2.75) is 69.6 Å². The Bertz CT molecular complexity index is 1260. The molecule has 198 valence electrons. The van der Waals surface area contributed by atoms with Crippen LogP contribution in [0.25, 0.3) is 11.0 Å². The number of carbonyl (C=O) groups is 1. The van der Waals surface area contributed by atoms with Gasteiger partial charge in [-0.1, -0.05) is 0 Å². The van der Waals surface area contributed by atoms with E-state index in [4.69, 9.17) is 0 Å². The quantitative estimate of drug-likeness (QED) is 0.376. The molecule has 3 aromatic rings. The van der Waals surface area contributed by atoms with Gasteiger partial charge < -0.3 is 25.6 Å². The fourth-order valence-electron chi connectivity index (χ4n) is 5.54. The highest BCUT2D eigenvalue weighted by Crippen LogP contribution is 2.37. The van der Waals surface area contributed by atoms with Crippen molar-refractivity contribution in [3.63, 3.8) is 0 Å². The van der Waals surface area contributed by atoms with Crippen LogP contribution < -0.4 is 16.0 Å². The maximum Gasteiger partial charge on any atom is 0.222 e. The van der Waals surface area contributed by atoms with Crippen molar-refractivity contribution in [3.8, 4) is 0 Å². The zero-order chi connectivity index (χ0) is 26.1. The van der Waals surface area contributed by atoms with E-state index in [0.717, 1.165) is 31.2 Å². The first-order valence-electron chi connectivity index (χ1n) is 12.8. The van der Waals surface area contributed by atoms with E-state index in [0.29, 0.717) is 49.2 Å². The Balaban J connectivity index is 1.45. The minimum absolute atomic E-state index is 0.0301. The van der Waals surface area contributed by atoms with Crippen LogP contribution in [-0.2, 0) is 4.79 Å². The van der Waals surface area contributed by atoms with Crippen molar-refractivity contribution in [1.82, 2.24) is 19.9 Å². The number of hydrogen-bond acceptors (Lipinski definition) is 6. The predicted molar refractivity (Wildman–Crippen MR) is 134 cm³/mol. The van der Waals surface area contributed by atoms with Crippen molar-refractivity contribution in [2.24, 2.45) is 5.92 Å². The van der Waals surface area contributed by atoms with Crippen molar-refractivity contribution >= 4 is 34.4 Å². The van der Waals surface area contributed by atoms with E-state index in [-0.39, 0.29) is 36.0 Å². The Morgan fingerprint density at radius 2 is 1.68 bits per heavy atom. The van der Waals surface area contributed by atoms with E-state index < -0.39 is 23.1 Å². The predicted octanol–water partition coefficient (Wildman–Crippen LogP) is 4.78. The van der Waals surface area contributed by atoms with Crippen LogP contribution in [0.5, 0.6) is 0 Å². The maximum absolute atomic E-state index is 14.4. The lowest BCUT2D eigenvalue weighted by atomic mass is 9.85. The van der Waals surface area contributed by atoms with E-state index in [1.165, 1.54) is 0 Å². The summed E-state index contributed by atoms with van der Waals surface area (Å²) in [5.74, 6) is -2.12. The summed E-state index contributed by atoms with van der Waals surface area (Å²) in [5.41, 5.74) is 0.807. The molecule has 2 heterocycles. The molecule has 0 unspecified atom stereocenters. The zero-order valence-corrected chi connectivity index (χ0v) is 20.6. The van der Waals surface area contributed by atoms with Crippen molar-refractivity contribution < 1.29 is 23.1 Å². The van der Waals surface area contributed by atoms with Crippen LogP contribution in [-0.4, -0.2) is 44.7 Å². The Kier molecular flexibility index (Phi) is 7.23. The maximum atomic E-state index is 14.4. The molecule has 2 aliphatic rings. The molecule has 4 N–H and O–H groups in total. The van der Waals surface area contributed by atoms with E-state index in [2.05, 4.69) is 25.9 Å². The summed E-state index contributed by atoms with van der Waals surface area (Å²) in [5, 5.41) is 18.9. The lowest BCUT2D eigenvalue weighted by molar-refractivity contribution is -0.125. The van der Waals surface area contributed by atoms with E-state index in [1.807, 2.05) is 10.6 Å².